The SMILES string of the molecule is C=C(C)C(=O)OCC(=O)OCC(=O)OC1(C)C=COC1.C=CC1(OC(=O)COC(=O)COC(=O)C(=C)C)CCCC1C. The Hall–Kier alpha value is -4.42. The molecule has 3 atom stereocenters. The van der Waals surface area contributed by atoms with Crippen LogP contribution >= 0.6 is 0 Å². The molecule has 0 N–H and O–H groups in total. The first kappa shape index (κ1) is 35.6. The Morgan fingerprint density at radius 2 is 1.31 bits per heavy atom. The maximum absolute atomic E-state index is 11.8. The van der Waals surface area contributed by atoms with Gasteiger partial charge in [0.1, 0.15) is 12.2 Å². The Bertz CT molecular complexity index is 1100. The van der Waals surface area contributed by atoms with Crippen LogP contribution in [0, 0.1) is 5.92 Å². The lowest BCUT2D eigenvalue weighted by atomic mass is 9.92. The zero-order chi connectivity index (χ0) is 31.9. The fraction of sp³-hybridized carbons (Fsp3) is 0.517. The van der Waals surface area contributed by atoms with Crippen LogP contribution in [0.2, 0.25) is 0 Å². The average Bonchev–Trinajstić information content (AvgIpc) is 3.52. The minimum atomic E-state index is -0.851. The van der Waals surface area contributed by atoms with Crippen molar-refractivity contribution < 1.29 is 61.9 Å². The van der Waals surface area contributed by atoms with Crippen LogP contribution in [0.15, 0.2) is 49.3 Å². The Balaban J connectivity index is 0.000000422. The van der Waals surface area contributed by atoms with Crippen LogP contribution < -0.4 is 0 Å². The summed E-state index contributed by atoms with van der Waals surface area (Å²) >= 11 is 0. The van der Waals surface area contributed by atoms with Crippen molar-refractivity contribution in [1.29, 1.82) is 0 Å². The van der Waals surface area contributed by atoms with E-state index in [-0.39, 0.29) is 23.7 Å². The number of esters is 6. The molecular formula is C29H38O13. The first-order valence-corrected chi connectivity index (χ1v) is 13.0. The Labute approximate surface area is 244 Å². The van der Waals surface area contributed by atoms with Crippen LogP contribution in [0.1, 0.15) is 47.0 Å². The monoisotopic (exact) mass is 594 g/mol. The van der Waals surface area contributed by atoms with Crippen LogP contribution in [-0.4, -0.2) is 80.1 Å². The highest BCUT2D eigenvalue weighted by Crippen LogP contribution is 2.39. The number of hydrogen-bond acceptors (Lipinski definition) is 13. The van der Waals surface area contributed by atoms with Gasteiger partial charge in [-0.05, 0) is 58.1 Å². The number of ether oxygens (including phenoxy) is 7. The van der Waals surface area contributed by atoms with E-state index in [9.17, 15) is 28.8 Å². The largest absolute Gasteiger partial charge is 0.497 e. The average molecular weight is 595 g/mol. The van der Waals surface area contributed by atoms with E-state index in [4.69, 9.17) is 18.9 Å². The minimum Gasteiger partial charge on any atom is -0.497 e. The first-order chi connectivity index (χ1) is 19.6. The van der Waals surface area contributed by atoms with E-state index in [0.29, 0.717) is 6.42 Å². The third kappa shape index (κ3) is 12.4. The highest BCUT2D eigenvalue weighted by Gasteiger charge is 2.41. The molecule has 0 amide bonds. The second kappa shape index (κ2) is 16.7. The summed E-state index contributed by atoms with van der Waals surface area (Å²) < 4.78 is 33.9. The van der Waals surface area contributed by atoms with Gasteiger partial charge in [0.25, 0.3) is 0 Å². The molecule has 42 heavy (non-hydrogen) atoms. The molecular weight excluding hydrogens is 556 g/mol. The predicted octanol–water partition coefficient (Wildman–Crippen LogP) is 2.43. The van der Waals surface area contributed by atoms with E-state index in [1.807, 2.05) is 6.92 Å². The van der Waals surface area contributed by atoms with Gasteiger partial charge in [0.2, 0.25) is 0 Å². The zero-order valence-electron chi connectivity index (χ0n) is 24.4. The molecule has 1 fully saturated rings. The first-order valence-electron chi connectivity index (χ1n) is 13.0. The zero-order valence-corrected chi connectivity index (χ0v) is 24.4. The second-order valence-corrected chi connectivity index (χ2v) is 9.86. The van der Waals surface area contributed by atoms with Gasteiger partial charge in [-0.15, -0.1) is 0 Å². The molecule has 2 rings (SSSR count). The molecule has 0 aromatic rings. The van der Waals surface area contributed by atoms with Crippen LogP contribution in [0.25, 0.3) is 0 Å². The van der Waals surface area contributed by atoms with E-state index in [0.717, 1.165) is 12.8 Å². The van der Waals surface area contributed by atoms with Crippen molar-refractivity contribution in [1.82, 2.24) is 0 Å². The molecule has 1 aliphatic heterocycles. The van der Waals surface area contributed by atoms with Crippen LogP contribution in [0.5, 0.6) is 0 Å². The van der Waals surface area contributed by atoms with Gasteiger partial charge in [-0.1, -0.05) is 26.7 Å². The highest BCUT2D eigenvalue weighted by molar-refractivity contribution is 5.89. The van der Waals surface area contributed by atoms with Crippen molar-refractivity contribution in [2.24, 2.45) is 5.92 Å². The van der Waals surface area contributed by atoms with Gasteiger partial charge in [-0.25, -0.2) is 28.8 Å². The maximum atomic E-state index is 11.8. The second-order valence-electron chi connectivity index (χ2n) is 9.86. The molecule has 0 aromatic heterocycles. The molecule has 13 nitrogen and oxygen atoms in total. The van der Waals surface area contributed by atoms with E-state index >= 15 is 0 Å². The molecule has 13 heteroatoms. The van der Waals surface area contributed by atoms with E-state index in [1.165, 1.54) is 20.1 Å². The fourth-order valence-corrected chi connectivity index (χ4v) is 3.58. The van der Waals surface area contributed by atoms with E-state index in [1.54, 1.807) is 19.1 Å². The molecule has 2 aliphatic rings. The molecule has 1 heterocycles. The van der Waals surface area contributed by atoms with Crippen molar-refractivity contribution in [3.8, 4) is 0 Å². The quantitative estimate of drug-likeness (QED) is 0.132. The van der Waals surface area contributed by atoms with Crippen molar-refractivity contribution in [3.63, 3.8) is 0 Å². The fourth-order valence-electron chi connectivity index (χ4n) is 3.58. The number of carbonyl (C=O) groups excluding carboxylic acids is 6. The van der Waals surface area contributed by atoms with E-state index < -0.39 is 73.4 Å². The summed E-state index contributed by atoms with van der Waals surface area (Å²) in [5, 5.41) is 0. The van der Waals surface area contributed by atoms with Gasteiger partial charge in [0.15, 0.2) is 32.0 Å². The van der Waals surface area contributed by atoms with Gasteiger partial charge in [0, 0.05) is 11.1 Å². The molecule has 3 unspecified atom stereocenters. The normalized spacial score (nSPS) is 21.8. The molecule has 0 saturated heterocycles. The summed E-state index contributed by atoms with van der Waals surface area (Å²) in [5.74, 6) is -4.24. The predicted molar refractivity (Wildman–Crippen MR) is 145 cm³/mol. The van der Waals surface area contributed by atoms with Crippen molar-refractivity contribution >= 4 is 35.8 Å². The Kier molecular flexibility index (Phi) is 14.2. The summed E-state index contributed by atoms with van der Waals surface area (Å²) in [6.45, 7) is 15.0. The summed E-state index contributed by atoms with van der Waals surface area (Å²) in [6.07, 6.45) is 7.28. The number of hydrogen-bond donors (Lipinski definition) is 0. The third-order valence-corrected chi connectivity index (χ3v) is 5.96. The Morgan fingerprint density at radius 1 is 0.833 bits per heavy atom. The smallest absolute Gasteiger partial charge is 0.345 e. The van der Waals surface area contributed by atoms with Gasteiger partial charge in [-0.2, -0.15) is 0 Å². The Morgan fingerprint density at radius 3 is 1.69 bits per heavy atom. The maximum Gasteiger partial charge on any atom is 0.345 e. The van der Waals surface area contributed by atoms with Gasteiger partial charge >= 0.3 is 35.8 Å². The lowest BCUT2D eigenvalue weighted by molar-refractivity contribution is -0.171. The van der Waals surface area contributed by atoms with Gasteiger partial charge in [0.05, 0.1) is 6.26 Å². The van der Waals surface area contributed by atoms with Crippen LogP contribution in [0.3, 0.4) is 0 Å². The molecule has 0 aromatic carbocycles. The summed E-state index contributed by atoms with van der Waals surface area (Å²) in [4.78, 5) is 67.9. The number of carbonyl (C=O) groups is 6. The van der Waals surface area contributed by atoms with Crippen LogP contribution in [-0.2, 0) is 61.9 Å². The van der Waals surface area contributed by atoms with Crippen molar-refractivity contribution in [2.75, 3.05) is 33.0 Å². The molecule has 1 saturated carbocycles. The van der Waals surface area contributed by atoms with Crippen molar-refractivity contribution in [2.45, 2.75) is 58.2 Å². The summed E-state index contributed by atoms with van der Waals surface area (Å²) in [7, 11) is 0. The standard InChI is InChI=1S/C16H22O6.C13H16O7/c1-5-16(8-6-7-12(16)4)22-14(18)10-20-13(17)9-21-15(19)11(2)3;1-9(2)12(16)19-6-10(14)18-7-11(15)20-13(3)4-5-17-8-13/h5,12H,1-2,6-10H2,3-4H3;4-5H,1,6-8H2,2-3H3. The number of rotatable bonds is 13. The van der Waals surface area contributed by atoms with Crippen molar-refractivity contribution in [3.05, 3.63) is 49.3 Å². The van der Waals surface area contributed by atoms with Crippen LogP contribution in [0.4, 0.5) is 0 Å². The molecule has 1 aliphatic carbocycles. The topological polar surface area (TPSA) is 167 Å². The summed E-state index contributed by atoms with van der Waals surface area (Å²) in [6, 6.07) is 0. The third-order valence-electron chi connectivity index (χ3n) is 5.96. The molecule has 0 bridgehead atoms. The highest BCUT2D eigenvalue weighted by atomic mass is 16.6. The lowest BCUT2D eigenvalue weighted by Crippen LogP contribution is -2.37. The molecule has 0 spiro atoms. The summed E-state index contributed by atoms with van der Waals surface area (Å²) in [5.41, 5.74) is -1.19. The van der Waals surface area contributed by atoms with E-state index in [2.05, 4.69) is 33.9 Å². The molecule has 232 valence electrons. The van der Waals surface area contributed by atoms with Gasteiger partial charge < -0.3 is 33.2 Å². The lowest BCUT2D eigenvalue weighted by Gasteiger charge is -2.30. The minimum absolute atomic E-state index is 0.165. The molecule has 0 radical (unpaired) electrons. The van der Waals surface area contributed by atoms with Gasteiger partial charge in [-0.3, -0.25) is 0 Å².